The van der Waals surface area contributed by atoms with Gasteiger partial charge in [-0.05, 0) is 39.2 Å². The van der Waals surface area contributed by atoms with E-state index in [2.05, 4.69) is 45.0 Å². The summed E-state index contributed by atoms with van der Waals surface area (Å²) >= 11 is 0. The van der Waals surface area contributed by atoms with Gasteiger partial charge in [0, 0.05) is 12.1 Å². The maximum Gasteiger partial charge on any atom is 0.261 e. The minimum Gasteiger partial charge on any atom is -0.494 e. The largest absolute Gasteiger partial charge is 0.494 e. The van der Waals surface area contributed by atoms with Crippen molar-refractivity contribution in [3.05, 3.63) is 108 Å². The Morgan fingerprint density at radius 3 is 1.93 bits per heavy atom. The lowest BCUT2D eigenvalue weighted by atomic mass is 10.0. The lowest BCUT2D eigenvalue weighted by Crippen LogP contribution is -2.67. The monoisotopic (exact) mass is 628 g/mol. The van der Waals surface area contributed by atoms with Crippen molar-refractivity contribution in [3.63, 3.8) is 0 Å². The van der Waals surface area contributed by atoms with E-state index in [-0.39, 0.29) is 18.2 Å². The molecule has 0 aliphatic carbocycles. The zero-order chi connectivity index (χ0) is 32.6. The van der Waals surface area contributed by atoms with Crippen molar-refractivity contribution >= 4 is 30.3 Å². The van der Waals surface area contributed by atoms with Crippen molar-refractivity contribution in [1.82, 2.24) is 4.90 Å². The van der Waals surface area contributed by atoms with Crippen LogP contribution in [0.3, 0.4) is 0 Å². The highest BCUT2D eigenvalue weighted by Crippen LogP contribution is 2.40. The molecule has 0 radical (unpaired) electrons. The van der Waals surface area contributed by atoms with Crippen molar-refractivity contribution in [2.24, 2.45) is 0 Å². The molecule has 0 saturated carbocycles. The lowest BCUT2D eigenvalue weighted by Gasteiger charge is -2.44. The van der Waals surface area contributed by atoms with E-state index >= 15 is 0 Å². The van der Waals surface area contributed by atoms with Gasteiger partial charge >= 0.3 is 0 Å². The van der Waals surface area contributed by atoms with E-state index in [1.54, 1.807) is 38.4 Å². The van der Waals surface area contributed by atoms with Crippen molar-refractivity contribution in [3.8, 4) is 17.2 Å². The molecule has 1 atom stereocenters. The first-order chi connectivity index (χ1) is 21.6. The number of nitrogen functional groups attached to an aromatic ring is 1. The highest BCUT2D eigenvalue weighted by molar-refractivity contribution is 6.99. The van der Waals surface area contributed by atoms with Crippen LogP contribution in [-0.2, 0) is 15.8 Å². The Morgan fingerprint density at radius 1 is 0.822 bits per heavy atom. The summed E-state index contributed by atoms with van der Waals surface area (Å²) in [6, 6.07) is 30.9. The number of benzene rings is 4. The second-order valence-electron chi connectivity index (χ2n) is 11.8. The SMILES string of the molecule is COc1ccc(CN(C(=O)CO)[C@@H](CO[Si](c2ccccc2)(c2ccccc2)C(C)(C)C)c2cccc(N)c2OC)cc1OC. The molecule has 0 bridgehead atoms. The molecule has 3 N–H and O–H groups in total. The van der Waals surface area contributed by atoms with Crippen molar-refractivity contribution in [2.75, 3.05) is 40.3 Å². The first-order valence-corrected chi connectivity index (χ1v) is 16.8. The minimum absolute atomic E-state index is 0.117. The summed E-state index contributed by atoms with van der Waals surface area (Å²) < 4.78 is 24.1. The molecule has 0 unspecified atom stereocenters. The predicted molar refractivity (Wildman–Crippen MR) is 181 cm³/mol. The number of aliphatic hydroxyl groups excluding tert-OH is 1. The zero-order valence-electron chi connectivity index (χ0n) is 26.9. The molecule has 1 amide bonds. The molecule has 0 heterocycles. The van der Waals surface area contributed by atoms with Gasteiger partial charge in [-0.2, -0.15) is 0 Å². The number of methoxy groups -OCH3 is 3. The van der Waals surface area contributed by atoms with Gasteiger partial charge in [-0.3, -0.25) is 4.79 Å². The van der Waals surface area contributed by atoms with Crippen LogP contribution in [0.4, 0.5) is 5.69 Å². The van der Waals surface area contributed by atoms with E-state index in [9.17, 15) is 9.90 Å². The Kier molecular flexibility index (Phi) is 10.9. The second kappa shape index (κ2) is 14.6. The Bertz CT molecular complexity index is 1520. The number of nitrogens with zero attached hydrogens (tertiary/aromatic N) is 1. The van der Waals surface area contributed by atoms with Crippen molar-refractivity contribution in [2.45, 2.75) is 38.4 Å². The van der Waals surface area contributed by atoms with Gasteiger partial charge in [0.2, 0.25) is 5.91 Å². The van der Waals surface area contributed by atoms with E-state index in [0.717, 1.165) is 15.9 Å². The van der Waals surface area contributed by atoms with Gasteiger partial charge in [0.1, 0.15) is 12.4 Å². The van der Waals surface area contributed by atoms with Crippen LogP contribution in [0, 0.1) is 0 Å². The van der Waals surface area contributed by atoms with Crippen LogP contribution in [0.5, 0.6) is 17.2 Å². The van der Waals surface area contributed by atoms with Gasteiger partial charge < -0.3 is 34.4 Å². The number of anilines is 1. The lowest BCUT2D eigenvalue weighted by molar-refractivity contribution is -0.138. The molecule has 9 heteroatoms. The summed E-state index contributed by atoms with van der Waals surface area (Å²) in [5.74, 6) is 1.10. The number of para-hydroxylation sites is 1. The Balaban J connectivity index is 1.90. The van der Waals surface area contributed by atoms with Crippen molar-refractivity contribution < 1.29 is 28.5 Å². The number of rotatable bonds is 13. The fraction of sp³-hybridized carbons (Fsp3) is 0.306. The number of hydrogen-bond donors (Lipinski definition) is 2. The maximum absolute atomic E-state index is 13.7. The molecule has 0 aliphatic heterocycles. The van der Waals surface area contributed by atoms with Crippen molar-refractivity contribution in [1.29, 1.82) is 0 Å². The minimum atomic E-state index is -3.01. The van der Waals surface area contributed by atoms with E-state index in [4.69, 9.17) is 24.4 Å². The number of hydrogen-bond acceptors (Lipinski definition) is 7. The smallest absolute Gasteiger partial charge is 0.261 e. The predicted octanol–water partition coefficient (Wildman–Crippen LogP) is 4.93. The summed E-state index contributed by atoms with van der Waals surface area (Å²) in [5.41, 5.74) is 8.30. The average Bonchev–Trinajstić information content (AvgIpc) is 3.05. The fourth-order valence-electron chi connectivity index (χ4n) is 6.02. The summed E-state index contributed by atoms with van der Waals surface area (Å²) in [6.07, 6.45) is 0. The summed E-state index contributed by atoms with van der Waals surface area (Å²) in [6.45, 7) is 6.20. The molecule has 8 nitrogen and oxygen atoms in total. The molecule has 0 spiro atoms. The van der Waals surface area contributed by atoms with Crippen LogP contribution in [0.15, 0.2) is 97.1 Å². The first kappa shape index (κ1) is 33.6. The van der Waals surface area contributed by atoms with Gasteiger partial charge in [0.15, 0.2) is 11.5 Å². The van der Waals surface area contributed by atoms with Crippen LogP contribution in [-0.4, -0.2) is 58.8 Å². The number of amides is 1. The molecule has 0 aromatic heterocycles. The number of ether oxygens (including phenoxy) is 3. The highest BCUT2D eigenvalue weighted by Gasteiger charge is 2.51. The third kappa shape index (κ3) is 7.01. The molecule has 0 saturated heterocycles. The van der Waals surface area contributed by atoms with Crippen LogP contribution in [0.1, 0.15) is 37.9 Å². The number of aliphatic hydroxyl groups is 1. The highest BCUT2D eigenvalue weighted by atomic mass is 28.4. The van der Waals surface area contributed by atoms with Crippen LogP contribution < -0.4 is 30.3 Å². The van der Waals surface area contributed by atoms with Gasteiger partial charge in [0.25, 0.3) is 8.32 Å². The van der Waals surface area contributed by atoms with Crippen LogP contribution in [0.2, 0.25) is 5.04 Å². The molecule has 4 rings (SSSR count). The van der Waals surface area contributed by atoms with Crippen LogP contribution in [0.25, 0.3) is 0 Å². The molecule has 4 aromatic carbocycles. The van der Waals surface area contributed by atoms with Crippen LogP contribution >= 0.6 is 0 Å². The number of carbonyl (C=O) groups is 1. The second-order valence-corrected chi connectivity index (χ2v) is 16.1. The average molecular weight is 629 g/mol. The van der Waals surface area contributed by atoms with E-state index < -0.39 is 26.9 Å². The summed E-state index contributed by atoms with van der Waals surface area (Å²) in [5, 5.41) is 12.2. The van der Waals surface area contributed by atoms with Gasteiger partial charge in [-0.15, -0.1) is 0 Å². The topological polar surface area (TPSA) is 103 Å². The van der Waals surface area contributed by atoms with Gasteiger partial charge in [-0.1, -0.05) is 99.6 Å². The fourth-order valence-corrected chi connectivity index (χ4v) is 10.6. The molecule has 45 heavy (non-hydrogen) atoms. The Hall–Kier alpha value is -4.31. The standard InChI is InChI=1S/C36H44N2O6Si/c1-36(2,3)45(27-14-9-7-10-15-27,28-16-11-8-12-17-28)44-25-31(29-18-13-19-30(37)35(29)43-6)38(34(40)24-39)23-26-20-21-32(41-4)33(22-26)42-5/h7-22,31,39H,23-25,37H2,1-6H3/t31-/m0/s1. The van der Waals surface area contributed by atoms with Gasteiger partial charge in [0.05, 0.1) is 39.7 Å². The first-order valence-electron chi connectivity index (χ1n) is 14.9. The maximum atomic E-state index is 13.7. The Morgan fingerprint density at radius 2 is 1.42 bits per heavy atom. The Labute approximate surface area is 267 Å². The normalized spacial score (nSPS) is 12.3. The molecule has 4 aromatic rings. The van der Waals surface area contributed by atoms with E-state index in [0.29, 0.717) is 28.5 Å². The quantitative estimate of drug-likeness (QED) is 0.160. The molecule has 0 aliphatic rings. The third-order valence-corrected chi connectivity index (χ3v) is 13.2. The van der Waals surface area contributed by atoms with E-state index in [1.165, 1.54) is 0 Å². The summed E-state index contributed by atoms with van der Waals surface area (Å²) in [7, 11) is 1.69. The molecular weight excluding hydrogens is 584 g/mol. The van der Waals surface area contributed by atoms with Gasteiger partial charge in [-0.25, -0.2) is 0 Å². The third-order valence-electron chi connectivity index (χ3n) is 8.15. The van der Waals surface area contributed by atoms with E-state index in [1.807, 2.05) is 60.7 Å². The molecule has 0 fully saturated rings. The number of nitrogens with two attached hydrogens (primary N) is 1. The molecular formula is C36H44N2O6Si. The summed E-state index contributed by atoms with van der Waals surface area (Å²) in [4.78, 5) is 15.3. The molecule has 238 valence electrons. The zero-order valence-corrected chi connectivity index (χ0v) is 27.9. The number of carbonyl (C=O) groups excluding carboxylic acids is 1.